The zero-order valence-corrected chi connectivity index (χ0v) is 15.3. The topological polar surface area (TPSA) is 8.17 Å². The summed E-state index contributed by atoms with van der Waals surface area (Å²) in [5.74, 6) is -0.763. The summed E-state index contributed by atoms with van der Waals surface area (Å²) in [6, 6.07) is 9.05. The van der Waals surface area contributed by atoms with E-state index in [1.54, 1.807) is 12.1 Å². The second kappa shape index (κ2) is 7.35. The number of likely N-dealkylation sites (tertiary alicyclic amines) is 1. The first-order valence-corrected chi connectivity index (χ1v) is 9.50. The highest BCUT2D eigenvalue weighted by Crippen LogP contribution is 2.36. The smallest absolute Gasteiger partial charge is 0.336 e. The number of benzene rings is 2. The Hall–Kier alpha value is -2.15. The largest absolute Gasteiger partial charge is 0.389 e. The normalized spacial score (nSPS) is 19.0. The SMILES string of the molecule is Fc1ccc2c(c1)c1cc(F)ccc1n2[C@H]1CCCN(CCCC(F)(F)F)C1. The number of rotatable bonds is 4. The van der Waals surface area contributed by atoms with Gasteiger partial charge in [-0.15, -0.1) is 0 Å². The van der Waals surface area contributed by atoms with Crippen LogP contribution in [0.1, 0.15) is 31.7 Å². The monoisotopic (exact) mass is 396 g/mol. The minimum Gasteiger partial charge on any atom is -0.336 e. The molecule has 28 heavy (non-hydrogen) atoms. The lowest BCUT2D eigenvalue weighted by Crippen LogP contribution is -2.37. The van der Waals surface area contributed by atoms with Crippen molar-refractivity contribution >= 4 is 21.8 Å². The molecule has 0 spiro atoms. The van der Waals surface area contributed by atoms with E-state index in [1.807, 2.05) is 0 Å². The van der Waals surface area contributed by atoms with Crippen molar-refractivity contribution in [3.63, 3.8) is 0 Å². The van der Waals surface area contributed by atoms with Crippen LogP contribution in [0.3, 0.4) is 0 Å². The van der Waals surface area contributed by atoms with Crippen molar-refractivity contribution in [2.24, 2.45) is 0 Å². The minimum absolute atomic E-state index is 0.0514. The molecule has 1 aliphatic rings. The summed E-state index contributed by atoms with van der Waals surface area (Å²) in [4.78, 5) is 2.06. The molecule has 0 saturated carbocycles. The Bertz CT molecular complexity index is 933. The number of hydrogen-bond acceptors (Lipinski definition) is 1. The molecule has 1 fully saturated rings. The van der Waals surface area contributed by atoms with E-state index in [0.29, 0.717) is 23.9 Å². The number of hydrogen-bond donors (Lipinski definition) is 0. The standard InChI is InChI=1S/C21H21F5N2/c22-14-4-6-19-17(11-14)18-12-15(23)5-7-20(18)28(19)16-3-1-9-27(13-16)10-2-8-21(24,25)26/h4-7,11-12,16H,1-3,8-10,13H2/t16-/m0/s1. The van der Waals surface area contributed by atoms with Gasteiger partial charge in [-0.05, 0) is 68.8 Å². The van der Waals surface area contributed by atoms with E-state index in [9.17, 15) is 22.0 Å². The molecule has 2 heterocycles. The van der Waals surface area contributed by atoms with Gasteiger partial charge >= 0.3 is 6.18 Å². The fourth-order valence-corrected chi connectivity index (χ4v) is 4.34. The summed E-state index contributed by atoms with van der Waals surface area (Å²) in [5, 5.41) is 1.31. The van der Waals surface area contributed by atoms with Crippen molar-refractivity contribution in [2.75, 3.05) is 19.6 Å². The van der Waals surface area contributed by atoms with E-state index < -0.39 is 12.6 Å². The lowest BCUT2D eigenvalue weighted by Gasteiger charge is -2.34. The van der Waals surface area contributed by atoms with Gasteiger partial charge in [0.15, 0.2) is 0 Å². The molecule has 150 valence electrons. The highest BCUT2D eigenvalue weighted by atomic mass is 19.4. The van der Waals surface area contributed by atoms with Crippen LogP contribution in [-0.2, 0) is 0 Å². The molecular formula is C21H21F5N2. The maximum atomic E-state index is 13.8. The number of halogens is 5. The average Bonchev–Trinajstić information content (AvgIpc) is 2.94. The molecule has 1 atom stereocenters. The van der Waals surface area contributed by atoms with E-state index in [2.05, 4.69) is 9.47 Å². The molecule has 2 aromatic carbocycles. The van der Waals surface area contributed by atoms with Gasteiger partial charge in [0.25, 0.3) is 0 Å². The lowest BCUT2D eigenvalue weighted by molar-refractivity contribution is -0.136. The first-order chi connectivity index (χ1) is 13.3. The Morgan fingerprint density at radius 1 is 0.929 bits per heavy atom. The van der Waals surface area contributed by atoms with E-state index in [1.165, 1.54) is 24.3 Å². The van der Waals surface area contributed by atoms with Crippen molar-refractivity contribution in [3.8, 4) is 0 Å². The maximum Gasteiger partial charge on any atom is 0.389 e. The predicted molar refractivity (Wildman–Crippen MR) is 99.4 cm³/mol. The van der Waals surface area contributed by atoms with E-state index in [4.69, 9.17) is 0 Å². The summed E-state index contributed by atoms with van der Waals surface area (Å²) in [5.41, 5.74) is 1.65. The molecule has 1 saturated heterocycles. The Morgan fingerprint density at radius 3 is 2.11 bits per heavy atom. The van der Waals surface area contributed by atoms with Gasteiger partial charge < -0.3 is 9.47 Å². The van der Waals surface area contributed by atoms with Gasteiger partial charge in [0.1, 0.15) is 11.6 Å². The average molecular weight is 396 g/mol. The molecule has 3 aromatic rings. The van der Waals surface area contributed by atoms with E-state index >= 15 is 0 Å². The van der Waals surface area contributed by atoms with Crippen molar-refractivity contribution in [1.29, 1.82) is 0 Å². The first kappa shape index (κ1) is 19.2. The molecule has 0 unspecified atom stereocenters. The number of fused-ring (bicyclic) bond motifs is 3. The summed E-state index contributed by atoms with van der Waals surface area (Å²) in [7, 11) is 0. The molecule has 2 nitrogen and oxygen atoms in total. The fourth-order valence-electron chi connectivity index (χ4n) is 4.34. The van der Waals surface area contributed by atoms with Crippen LogP contribution in [0.4, 0.5) is 22.0 Å². The van der Waals surface area contributed by atoms with E-state index in [-0.39, 0.29) is 24.1 Å². The molecule has 4 rings (SSSR count). The highest BCUT2D eigenvalue weighted by Gasteiger charge is 2.28. The molecule has 1 aliphatic heterocycles. The third-order valence-corrected chi connectivity index (χ3v) is 5.51. The molecule has 0 amide bonds. The van der Waals surface area contributed by atoms with Gasteiger partial charge in [-0.2, -0.15) is 13.2 Å². The Balaban J connectivity index is 1.66. The van der Waals surface area contributed by atoms with Crippen molar-refractivity contribution in [3.05, 3.63) is 48.0 Å². The van der Waals surface area contributed by atoms with Gasteiger partial charge in [-0.25, -0.2) is 8.78 Å². The van der Waals surface area contributed by atoms with Gasteiger partial charge in [-0.1, -0.05) is 0 Å². The number of alkyl halides is 3. The van der Waals surface area contributed by atoms with Gasteiger partial charge in [0, 0.05) is 40.8 Å². The summed E-state index contributed by atoms with van der Waals surface area (Å²) < 4.78 is 67.0. The molecule has 0 radical (unpaired) electrons. The van der Waals surface area contributed by atoms with Crippen molar-refractivity contribution < 1.29 is 22.0 Å². The fraction of sp³-hybridized carbons (Fsp3) is 0.429. The Labute approximate surface area is 159 Å². The van der Waals surface area contributed by atoms with Crippen LogP contribution in [0.2, 0.25) is 0 Å². The molecule has 0 N–H and O–H groups in total. The first-order valence-electron chi connectivity index (χ1n) is 9.50. The highest BCUT2D eigenvalue weighted by molar-refractivity contribution is 6.08. The third-order valence-electron chi connectivity index (χ3n) is 5.51. The van der Waals surface area contributed by atoms with Gasteiger partial charge in [-0.3, -0.25) is 0 Å². The van der Waals surface area contributed by atoms with Crippen LogP contribution in [0, 0.1) is 11.6 Å². The molecule has 0 bridgehead atoms. The lowest BCUT2D eigenvalue weighted by atomic mass is 10.0. The minimum atomic E-state index is -4.13. The molecule has 1 aromatic heterocycles. The number of nitrogens with zero attached hydrogens (tertiary/aromatic N) is 2. The van der Waals surface area contributed by atoms with Gasteiger partial charge in [0.2, 0.25) is 0 Å². The Kier molecular flexibility index (Phi) is 5.04. The second-order valence-electron chi connectivity index (χ2n) is 7.51. The third kappa shape index (κ3) is 3.85. The number of aromatic nitrogens is 1. The van der Waals surface area contributed by atoms with Crippen molar-refractivity contribution in [1.82, 2.24) is 9.47 Å². The summed E-state index contributed by atoms with van der Waals surface area (Å²) >= 11 is 0. The van der Waals surface area contributed by atoms with Crippen LogP contribution in [0.25, 0.3) is 21.8 Å². The number of piperidine rings is 1. The molecule has 0 aliphatic carbocycles. The van der Waals surface area contributed by atoms with Crippen molar-refractivity contribution in [2.45, 2.75) is 37.9 Å². The van der Waals surface area contributed by atoms with Crippen LogP contribution in [-0.4, -0.2) is 35.3 Å². The van der Waals surface area contributed by atoms with Crippen LogP contribution in [0.5, 0.6) is 0 Å². The molecular weight excluding hydrogens is 375 g/mol. The zero-order chi connectivity index (χ0) is 19.9. The van der Waals surface area contributed by atoms with Gasteiger partial charge in [0.05, 0.1) is 0 Å². The van der Waals surface area contributed by atoms with E-state index in [0.717, 1.165) is 30.4 Å². The second-order valence-corrected chi connectivity index (χ2v) is 7.51. The summed E-state index contributed by atoms with van der Waals surface area (Å²) in [6.45, 7) is 1.80. The zero-order valence-electron chi connectivity index (χ0n) is 15.3. The summed E-state index contributed by atoms with van der Waals surface area (Å²) in [6.07, 6.45) is -3.07. The quantitative estimate of drug-likeness (QED) is 0.487. The molecule has 7 heteroatoms. The van der Waals surface area contributed by atoms with Crippen LogP contribution in [0.15, 0.2) is 36.4 Å². The van der Waals surface area contributed by atoms with Crippen LogP contribution < -0.4 is 0 Å². The van der Waals surface area contributed by atoms with Crippen LogP contribution >= 0.6 is 0 Å². The maximum absolute atomic E-state index is 13.8. The predicted octanol–water partition coefficient (Wildman–Crippen LogP) is 6.05. The Morgan fingerprint density at radius 2 is 1.54 bits per heavy atom.